The lowest BCUT2D eigenvalue weighted by atomic mass is 10.1. The fourth-order valence-corrected chi connectivity index (χ4v) is 3.08. The second kappa shape index (κ2) is 7.23. The van der Waals surface area contributed by atoms with E-state index in [9.17, 15) is 4.79 Å². The lowest BCUT2D eigenvalue weighted by Crippen LogP contribution is -2.25. The van der Waals surface area contributed by atoms with Crippen LogP contribution in [0.25, 0.3) is 11.3 Å². The molecule has 6 heteroatoms. The van der Waals surface area contributed by atoms with E-state index in [4.69, 9.17) is 4.74 Å². The van der Waals surface area contributed by atoms with E-state index < -0.39 is 0 Å². The van der Waals surface area contributed by atoms with Gasteiger partial charge in [0, 0.05) is 19.2 Å². The molecule has 0 atom stereocenters. The van der Waals surface area contributed by atoms with Crippen LogP contribution in [-0.4, -0.2) is 34.6 Å². The SMILES string of the molecule is COc1cccc(-c2nnsc2C(=O)N(C)Cc2ccccc2)c1. The molecule has 122 valence electrons. The van der Waals surface area contributed by atoms with E-state index in [0.29, 0.717) is 17.1 Å². The Kier molecular flexibility index (Phi) is 4.86. The molecule has 0 aliphatic heterocycles. The predicted octanol–water partition coefficient (Wildman–Crippen LogP) is 3.49. The lowest BCUT2D eigenvalue weighted by molar-refractivity contribution is 0.0790. The van der Waals surface area contributed by atoms with Gasteiger partial charge in [-0.3, -0.25) is 4.79 Å². The molecule has 24 heavy (non-hydrogen) atoms. The van der Waals surface area contributed by atoms with Crippen molar-refractivity contribution in [2.45, 2.75) is 6.54 Å². The Bertz CT molecular complexity index is 833. The second-order valence-electron chi connectivity index (χ2n) is 5.33. The number of benzene rings is 2. The van der Waals surface area contributed by atoms with Crippen molar-refractivity contribution in [3.05, 3.63) is 65.0 Å². The van der Waals surface area contributed by atoms with Gasteiger partial charge in [0.1, 0.15) is 16.3 Å². The minimum absolute atomic E-state index is 0.0910. The van der Waals surface area contributed by atoms with Crippen LogP contribution in [0, 0.1) is 0 Å². The summed E-state index contributed by atoms with van der Waals surface area (Å²) in [4.78, 5) is 15.0. The molecule has 0 bridgehead atoms. The van der Waals surface area contributed by atoms with Crippen LogP contribution in [0.1, 0.15) is 15.2 Å². The lowest BCUT2D eigenvalue weighted by Gasteiger charge is -2.16. The summed E-state index contributed by atoms with van der Waals surface area (Å²) in [6.07, 6.45) is 0. The molecular weight excluding hydrogens is 322 g/mol. The molecule has 0 saturated carbocycles. The largest absolute Gasteiger partial charge is 0.497 e. The van der Waals surface area contributed by atoms with Crippen molar-refractivity contribution in [3.63, 3.8) is 0 Å². The van der Waals surface area contributed by atoms with Crippen LogP contribution in [0.4, 0.5) is 0 Å². The molecule has 0 N–H and O–H groups in total. The third kappa shape index (κ3) is 3.44. The highest BCUT2D eigenvalue weighted by Gasteiger charge is 2.21. The molecular formula is C18H17N3O2S. The van der Waals surface area contributed by atoms with Crippen molar-refractivity contribution in [1.29, 1.82) is 0 Å². The molecule has 0 unspecified atom stereocenters. The number of amides is 1. The number of ether oxygens (including phenoxy) is 1. The van der Waals surface area contributed by atoms with E-state index in [2.05, 4.69) is 9.59 Å². The summed E-state index contributed by atoms with van der Waals surface area (Å²) >= 11 is 1.11. The Morgan fingerprint density at radius 3 is 2.71 bits per heavy atom. The van der Waals surface area contributed by atoms with Crippen molar-refractivity contribution in [2.75, 3.05) is 14.2 Å². The summed E-state index contributed by atoms with van der Waals surface area (Å²) in [6, 6.07) is 17.3. The number of aromatic nitrogens is 2. The van der Waals surface area contributed by atoms with Gasteiger partial charge in [0.25, 0.3) is 5.91 Å². The van der Waals surface area contributed by atoms with Crippen LogP contribution in [0.3, 0.4) is 0 Å². The van der Waals surface area contributed by atoms with E-state index in [1.54, 1.807) is 19.1 Å². The van der Waals surface area contributed by atoms with E-state index in [-0.39, 0.29) is 5.91 Å². The highest BCUT2D eigenvalue weighted by Crippen LogP contribution is 2.28. The number of carbonyl (C=O) groups is 1. The van der Waals surface area contributed by atoms with Gasteiger partial charge < -0.3 is 9.64 Å². The Hall–Kier alpha value is -2.73. The third-order valence-corrected chi connectivity index (χ3v) is 4.35. The average molecular weight is 339 g/mol. The van der Waals surface area contributed by atoms with Gasteiger partial charge in [-0.25, -0.2) is 0 Å². The van der Waals surface area contributed by atoms with Gasteiger partial charge in [0.2, 0.25) is 0 Å². The zero-order chi connectivity index (χ0) is 16.9. The maximum atomic E-state index is 12.8. The molecule has 1 amide bonds. The fourth-order valence-electron chi connectivity index (χ4n) is 2.39. The number of rotatable bonds is 5. The number of hydrogen-bond acceptors (Lipinski definition) is 5. The number of hydrogen-bond donors (Lipinski definition) is 0. The second-order valence-corrected chi connectivity index (χ2v) is 6.08. The zero-order valence-corrected chi connectivity index (χ0v) is 14.3. The van der Waals surface area contributed by atoms with E-state index in [0.717, 1.165) is 28.4 Å². The molecule has 0 spiro atoms. The Morgan fingerprint density at radius 1 is 1.17 bits per heavy atom. The van der Waals surface area contributed by atoms with Gasteiger partial charge in [-0.2, -0.15) is 0 Å². The molecule has 2 aromatic carbocycles. The molecule has 0 radical (unpaired) electrons. The molecule has 0 fully saturated rings. The summed E-state index contributed by atoms with van der Waals surface area (Å²) in [5.74, 6) is 0.628. The van der Waals surface area contributed by atoms with Gasteiger partial charge in [-0.05, 0) is 29.2 Å². The maximum absolute atomic E-state index is 12.8. The van der Waals surface area contributed by atoms with Crippen LogP contribution >= 0.6 is 11.5 Å². The first kappa shape index (κ1) is 16.1. The molecule has 0 aliphatic carbocycles. The minimum atomic E-state index is -0.0910. The molecule has 1 heterocycles. The van der Waals surface area contributed by atoms with Crippen LogP contribution in [0.5, 0.6) is 5.75 Å². The molecule has 5 nitrogen and oxygen atoms in total. The summed E-state index contributed by atoms with van der Waals surface area (Å²) in [5, 5.41) is 4.14. The molecule has 3 rings (SSSR count). The molecule has 3 aromatic rings. The smallest absolute Gasteiger partial charge is 0.267 e. The first-order chi connectivity index (χ1) is 11.7. The normalized spacial score (nSPS) is 10.4. The topological polar surface area (TPSA) is 55.3 Å². The summed E-state index contributed by atoms with van der Waals surface area (Å²) in [5.41, 5.74) is 2.48. The van der Waals surface area contributed by atoms with Crippen molar-refractivity contribution in [2.24, 2.45) is 0 Å². The number of nitrogens with zero attached hydrogens (tertiary/aromatic N) is 3. The summed E-state index contributed by atoms with van der Waals surface area (Å²) in [6.45, 7) is 0.537. The Labute approximate surface area is 144 Å². The van der Waals surface area contributed by atoms with Crippen LogP contribution in [0.15, 0.2) is 54.6 Å². The van der Waals surface area contributed by atoms with Crippen molar-refractivity contribution in [3.8, 4) is 17.0 Å². The Morgan fingerprint density at radius 2 is 1.96 bits per heavy atom. The molecule has 0 aliphatic rings. The summed E-state index contributed by atoms with van der Waals surface area (Å²) in [7, 11) is 3.39. The fraction of sp³-hybridized carbons (Fsp3) is 0.167. The Balaban J connectivity index is 1.85. The monoisotopic (exact) mass is 339 g/mol. The summed E-state index contributed by atoms with van der Waals surface area (Å²) < 4.78 is 9.21. The van der Waals surface area contributed by atoms with Gasteiger partial charge in [0.15, 0.2) is 0 Å². The molecule has 0 saturated heterocycles. The highest BCUT2D eigenvalue weighted by molar-refractivity contribution is 7.08. The van der Waals surface area contributed by atoms with Gasteiger partial charge >= 0.3 is 0 Å². The quantitative estimate of drug-likeness (QED) is 0.714. The van der Waals surface area contributed by atoms with Crippen LogP contribution < -0.4 is 4.74 Å². The molecule has 1 aromatic heterocycles. The minimum Gasteiger partial charge on any atom is -0.497 e. The van der Waals surface area contributed by atoms with Gasteiger partial charge in [0.05, 0.1) is 7.11 Å². The zero-order valence-electron chi connectivity index (χ0n) is 13.5. The standard InChI is InChI=1S/C18H17N3O2S/c1-21(12-13-7-4-3-5-8-13)18(22)17-16(19-20-24-17)14-9-6-10-15(11-14)23-2/h3-11H,12H2,1-2H3. The number of carbonyl (C=O) groups excluding carboxylic acids is 1. The third-order valence-electron chi connectivity index (χ3n) is 3.63. The highest BCUT2D eigenvalue weighted by atomic mass is 32.1. The van der Waals surface area contributed by atoms with E-state index in [1.807, 2.05) is 54.6 Å². The number of methoxy groups -OCH3 is 1. The first-order valence-corrected chi connectivity index (χ1v) is 8.22. The van der Waals surface area contributed by atoms with Crippen LogP contribution in [0.2, 0.25) is 0 Å². The van der Waals surface area contributed by atoms with E-state index in [1.165, 1.54) is 0 Å². The average Bonchev–Trinajstić information content (AvgIpc) is 3.11. The van der Waals surface area contributed by atoms with Crippen molar-refractivity contribution < 1.29 is 9.53 Å². The van der Waals surface area contributed by atoms with E-state index >= 15 is 0 Å². The maximum Gasteiger partial charge on any atom is 0.267 e. The first-order valence-electron chi connectivity index (χ1n) is 7.45. The van der Waals surface area contributed by atoms with Gasteiger partial charge in [-0.15, -0.1) is 5.10 Å². The van der Waals surface area contributed by atoms with Gasteiger partial charge in [-0.1, -0.05) is 47.0 Å². The van der Waals surface area contributed by atoms with Crippen LogP contribution in [-0.2, 0) is 6.54 Å². The van der Waals surface area contributed by atoms with Crippen molar-refractivity contribution >= 4 is 17.4 Å². The van der Waals surface area contributed by atoms with Crippen molar-refractivity contribution in [1.82, 2.24) is 14.5 Å². The predicted molar refractivity (Wildman–Crippen MR) is 94.1 cm³/mol.